The number of aryl methyl sites for hydroxylation is 1. The molecule has 0 unspecified atom stereocenters. The monoisotopic (exact) mass is 237 g/mol. The van der Waals surface area contributed by atoms with Gasteiger partial charge in [0.15, 0.2) is 5.82 Å². The molecule has 2 N–H and O–H groups in total. The van der Waals surface area contributed by atoms with Gasteiger partial charge in [-0.05, 0) is 32.2 Å². The zero-order chi connectivity index (χ0) is 11.9. The van der Waals surface area contributed by atoms with E-state index in [1.165, 1.54) is 38.5 Å². The van der Waals surface area contributed by atoms with Crippen molar-refractivity contribution < 1.29 is 4.52 Å². The second kappa shape index (κ2) is 6.74. The third kappa shape index (κ3) is 3.80. The van der Waals surface area contributed by atoms with Gasteiger partial charge in [-0.15, -0.1) is 0 Å². The van der Waals surface area contributed by atoms with Crippen LogP contribution in [0.1, 0.15) is 69.0 Å². The minimum atomic E-state index is 0.560. The van der Waals surface area contributed by atoms with Crippen molar-refractivity contribution in [2.45, 2.75) is 63.7 Å². The Balaban J connectivity index is 1.70. The molecule has 1 fully saturated rings. The van der Waals surface area contributed by atoms with Crippen molar-refractivity contribution >= 4 is 0 Å². The van der Waals surface area contributed by atoms with E-state index in [0.717, 1.165) is 37.5 Å². The van der Waals surface area contributed by atoms with Gasteiger partial charge in [-0.25, -0.2) is 0 Å². The normalized spacial score (nSPS) is 16.8. The van der Waals surface area contributed by atoms with Gasteiger partial charge in [-0.1, -0.05) is 30.8 Å². The fraction of sp³-hybridized carbons (Fsp3) is 0.846. The summed E-state index contributed by atoms with van der Waals surface area (Å²) >= 11 is 0. The summed E-state index contributed by atoms with van der Waals surface area (Å²) in [5.74, 6) is 2.32. The molecule has 0 aromatic carbocycles. The molecule has 1 saturated carbocycles. The molecule has 0 amide bonds. The third-order valence-corrected chi connectivity index (χ3v) is 3.55. The van der Waals surface area contributed by atoms with Crippen molar-refractivity contribution in [3.8, 4) is 0 Å². The van der Waals surface area contributed by atoms with Crippen LogP contribution < -0.4 is 5.73 Å². The van der Waals surface area contributed by atoms with Gasteiger partial charge >= 0.3 is 0 Å². The van der Waals surface area contributed by atoms with Gasteiger partial charge in [0.05, 0.1) is 0 Å². The Bertz CT molecular complexity index is 318. The summed E-state index contributed by atoms with van der Waals surface area (Å²) < 4.78 is 5.30. The van der Waals surface area contributed by atoms with Gasteiger partial charge in [-0.3, -0.25) is 0 Å². The van der Waals surface area contributed by atoms with Crippen LogP contribution in [0.5, 0.6) is 0 Å². The van der Waals surface area contributed by atoms with Crippen molar-refractivity contribution in [3.63, 3.8) is 0 Å². The molecule has 0 spiro atoms. The highest BCUT2D eigenvalue weighted by atomic mass is 16.5. The fourth-order valence-corrected chi connectivity index (χ4v) is 2.49. The average molecular weight is 237 g/mol. The lowest BCUT2D eigenvalue weighted by molar-refractivity contribution is 0.365. The predicted molar refractivity (Wildman–Crippen MR) is 66.7 cm³/mol. The highest BCUT2D eigenvalue weighted by Gasteiger charge is 2.21. The Hall–Kier alpha value is -0.900. The average Bonchev–Trinajstić information content (AvgIpc) is 2.99. The van der Waals surface area contributed by atoms with Crippen LogP contribution >= 0.6 is 0 Å². The van der Waals surface area contributed by atoms with Crippen LogP contribution in [0, 0.1) is 0 Å². The Morgan fingerprint density at radius 2 is 1.88 bits per heavy atom. The quantitative estimate of drug-likeness (QED) is 0.740. The van der Waals surface area contributed by atoms with Crippen molar-refractivity contribution in [3.05, 3.63) is 11.7 Å². The van der Waals surface area contributed by atoms with Crippen LogP contribution in [0.25, 0.3) is 0 Å². The van der Waals surface area contributed by atoms with Gasteiger partial charge in [0.1, 0.15) is 0 Å². The highest BCUT2D eigenvalue weighted by molar-refractivity contribution is 4.97. The number of hydrogen-bond acceptors (Lipinski definition) is 4. The fourth-order valence-electron chi connectivity index (χ4n) is 2.49. The lowest BCUT2D eigenvalue weighted by atomic mass is 10.1. The van der Waals surface area contributed by atoms with Gasteiger partial charge in [0.2, 0.25) is 5.89 Å². The molecule has 1 aliphatic rings. The minimum Gasteiger partial charge on any atom is -0.339 e. The number of rotatable bonds is 7. The maximum atomic E-state index is 5.45. The van der Waals surface area contributed by atoms with Crippen molar-refractivity contribution in [1.29, 1.82) is 0 Å². The molecule has 0 atom stereocenters. The summed E-state index contributed by atoms with van der Waals surface area (Å²) in [6.45, 7) is 0.798. The molecule has 0 saturated heterocycles. The van der Waals surface area contributed by atoms with Gasteiger partial charge < -0.3 is 10.3 Å². The topological polar surface area (TPSA) is 64.9 Å². The molecule has 1 aliphatic carbocycles. The Kier molecular flexibility index (Phi) is 4.98. The number of hydrogen-bond donors (Lipinski definition) is 1. The van der Waals surface area contributed by atoms with E-state index in [0.29, 0.717) is 5.92 Å². The molecular formula is C13H23N3O. The van der Waals surface area contributed by atoms with E-state index in [2.05, 4.69) is 10.1 Å². The lowest BCUT2D eigenvalue weighted by Gasteiger charge is -1.99. The number of aromatic nitrogens is 2. The second-order valence-corrected chi connectivity index (χ2v) is 4.98. The van der Waals surface area contributed by atoms with Crippen molar-refractivity contribution in [2.24, 2.45) is 5.73 Å². The number of nitrogens with two attached hydrogens (primary N) is 1. The second-order valence-electron chi connectivity index (χ2n) is 4.98. The number of unbranched alkanes of at least 4 members (excludes halogenated alkanes) is 3. The summed E-state index contributed by atoms with van der Waals surface area (Å²) in [7, 11) is 0. The van der Waals surface area contributed by atoms with Crippen LogP contribution in [-0.2, 0) is 6.42 Å². The molecule has 1 heterocycles. The smallest absolute Gasteiger partial charge is 0.226 e. The largest absolute Gasteiger partial charge is 0.339 e. The van der Waals surface area contributed by atoms with Crippen LogP contribution in [0.15, 0.2) is 4.52 Å². The molecule has 1 aromatic heterocycles. The van der Waals surface area contributed by atoms with Crippen LogP contribution in [0.3, 0.4) is 0 Å². The van der Waals surface area contributed by atoms with E-state index in [1.807, 2.05) is 0 Å². The summed E-state index contributed by atoms with van der Waals surface area (Å²) in [6, 6.07) is 0. The molecule has 2 rings (SSSR count). The molecule has 4 nitrogen and oxygen atoms in total. The van der Waals surface area contributed by atoms with Gasteiger partial charge in [0.25, 0.3) is 0 Å². The SMILES string of the molecule is NCCCCCCc1nc(C2CCCC2)no1. The van der Waals surface area contributed by atoms with Crippen LogP contribution in [0.2, 0.25) is 0 Å². The van der Waals surface area contributed by atoms with E-state index in [9.17, 15) is 0 Å². The van der Waals surface area contributed by atoms with E-state index >= 15 is 0 Å². The standard InChI is InChI=1S/C13H23N3O/c14-10-6-2-1-3-9-12-15-13(16-17-12)11-7-4-5-8-11/h11H,1-10,14H2. The van der Waals surface area contributed by atoms with Crippen molar-refractivity contribution in [2.75, 3.05) is 6.54 Å². The highest BCUT2D eigenvalue weighted by Crippen LogP contribution is 2.32. The van der Waals surface area contributed by atoms with E-state index in [-0.39, 0.29) is 0 Å². The summed E-state index contributed by atoms with van der Waals surface area (Å²) in [5, 5.41) is 4.11. The first-order valence-electron chi connectivity index (χ1n) is 6.92. The van der Waals surface area contributed by atoms with E-state index in [4.69, 9.17) is 10.3 Å². The lowest BCUT2D eigenvalue weighted by Crippen LogP contribution is -1.98. The van der Waals surface area contributed by atoms with E-state index < -0.39 is 0 Å². The maximum Gasteiger partial charge on any atom is 0.226 e. The third-order valence-electron chi connectivity index (χ3n) is 3.55. The summed E-state index contributed by atoms with van der Waals surface area (Å²) in [4.78, 5) is 4.51. The Morgan fingerprint density at radius 3 is 2.65 bits per heavy atom. The first kappa shape index (κ1) is 12.6. The molecular weight excluding hydrogens is 214 g/mol. The zero-order valence-electron chi connectivity index (χ0n) is 10.5. The van der Waals surface area contributed by atoms with Gasteiger partial charge in [-0.2, -0.15) is 4.98 Å². The summed E-state index contributed by atoms with van der Waals surface area (Å²) in [6.07, 6.45) is 10.7. The molecule has 0 bridgehead atoms. The molecule has 4 heteroatoms. The Morgan fingerprint density at radius 1 is 1.12 bits per heavy atom. The van der Waals surface area contributed by atoms with Crippen LogP contribution in [-0.4, -0.2) is 16.7 Å². The first-order valence-corrected chi connectivity index (χ1v) is 6.92. The predicted octanol–water partition coefficient (Wildman–Crippen LogP) is 2.79. The molecule has 96 valence electrons. The molecule has 0 radical (unpaired) electrons. The Labute approximate surface area is 103 Å². The molecule has 1 aromatic rings. The van der Waals surface area contributed by atoms with Crippen LogP contribution in [0.4, 0.5) is 0 Å². The maximum absolute atomic E-state index is 5.45. The van der Waals surface area contributed by atoms with Crippen molar-refractivity contribution in [1.82, 2.24) is 10.1 Å². The zero-order valence-corrected chi connectivity index (χ0v) is 10.5. The number of nitrogens with zero attached hydrogens (tertiary/aromatic N) is 2. The minimum absolute atomic E-state index is 0.560. The first-order chi connectivity index (χ1) is 8.40. The van der Waals surface area contributed by atoms with Gasteiger partial charge in [0, 0.05) is 12.3 Å². The molecule has 0 aliphatic heterocycles. The summed E-state index contributed by atoms with van der Waals surface area (Å²) in [5.41, 5.74) is 5.45. The van der Waals surface area contributed by atoms with E-state index in [1.54, 1.807) is 0 Å². The molecule has 17 heavy (non-hydrogen) atoms.